The van der Waals surface area contributed by atoms with Crippen LogP contribution in [0.2, 0.25) is 0 Å². The van der Waals surface area contributed by atoms with Crippen LogP contribution in [0.4, 0.5) is 11.4 Å². The molecule has 5 aromatic rings. The monoisotopic (exact) mass is 494 g/mol. The zero-order valence-electron chi connectivity index (χ0n) is 19.3. The number of hydrogen-bond donors (Lipinski definition) is 2. The number of thiophene rings is 1. The van der Waals surface area contributed by atoms with Gasteiger partial charge in [0.05, 0.1) is 17.7 Å². The second-order valence-corrected chi connectivity index (χ2v) is 8.80. The Morgan fingerprint density at radius 3 is 2.11 bits per heavy atom. The first-order valence-corrected chi connectivity index (χ1v) is 12.0. The second-order valence-electron chi connectivity index (χ2n) is 7.85. The quantitative estimate of drug-likeness (QED) is 0.286. The molecule has 0 spiro atoms. The Balaban J connectivity index is 1.33. The third kappa shape index (κ3) is 5.03. The highest BCUT2D eigenvalue weighted by atomic mass is 32.1. The Hall–Kier alpha value is -4.69. The van der Waals surface area contributed by atoms with Crippen LogP contribution in [0.5, 0.6) is 5.75 Å². The van der Waals surface area contributed by atoms with E-state index < -0.39 is 0 Å². The summed E-state index contributed by atoms with van der Waals surface area (Å²) in [6.07, 6.45) is 0. The molecular weight excluding hydrogens is 472 g/mol. The molecule has 0 aliphatic heterocycles. The molecule has 5 rings (SSSR count). The zero-order valence-corrected chi connectivity index (χ0v) is 20.2. The molecule has 178 valence electrons. The number of benzene rings is 3. The van der Waals surface area contributed by atoms with E-state index in [1.807, 2.05) is 47.8 Å². The SMILES string of the molecule is COc1ccc(NC(=O)c2ccc(NC(=O)c3cc(-c4cccs4)nn3-c3ccccc3)cc2)cc1. The molecule has 0 aliphatic carbocycles. The van der Waals surface area contributed by atoms with Gasteiger partial charge in [-0.25, -0.2) is 4.68 Å². The van der Waals surface area contributed by atoms with Crippen molar-refractivity contribution < 1.29 is 14.3 Å². The minimum Gasteiger partial charge on any atom is -0.497 e. The standard InChI is InChI=1S/C28H22N4O3S/c1-35-23-15-13-21(14-16-23)29-27(33)19-9-11-20(12-10-19)30-28(34)25-18-24(26-8-5-17-36-26)31-32(25)22-6-3-2-4-7-22/h2-18H,1H3,(H,29,33)(H,30,34). The fourth-order valence-electron chi connectivity index (χ4n) is 3.63. The summed E-state index contributed by atoms with van der Waals surface area (Å²) < 4.78 is 6.78. The number of carbonyl (C=O) groups is 2. The fourth-order valence-corrected chi connectivity index (χ4v) is 4.31. The molecule has 7 nitrogen and oxygen atoms in total. The molecule has 0 atom stereocenters. The molecule has 2 amide bonds. The van der Waals surface area contributed by atoms with E-state index >= 15 is 0 Å². The van der Waals surface area contributed by atoms with Crippen molar-refractivity contribution in [1.82, 2.24) is 9.78 Å². The Morgan fingerprint density at radius 2 is 1.47 bits per heavy atom. The summed E-state index contributed by atoms with van der Waals surface area (Å²) in [5, 5.41) is 12.4. The van der Waals surface area contributed by atoms with Gasteiger partial charge >= 0.3 is 0 Å². The molecule has 0 radical (unpaired) electrons. The fraction of sp³-hybridized carbons (Fsp3) is 0.0357. The summed E-state index contributed by atoms with van der Waals surface area (Å²) in [7, 11) is 1.59. The molecule has 2 aromatic heterocycles. The van der Waals surface area contributed by atoms with Gasteiger partial charge in [0.25, 0.3) is 11.8 Å². The van der Waals surface area contributed by atoms with E-state index in [1.54, 1.807) is 77.7 Å². The van der Waals surface area contributed by atoms with Gasteiger partial charge < -0.3 is 15.4 Å². The normalized spacial score (nSPS) is 10.6. The van der Waals surface area contributed by atoms with E-state index in [0.29, 0.717) is 28.4 Å². The minimum atomic E-state index is -0.301. The van der Waals surface area contributed by atoms with Crippen LogP contribution >= 0.6 is 11.3 Å². The predicted octanol–water partition coefficient (Wildman–Crippen LogP) is 6.11. The van der Waals surface area contributed by atoms with Crippen LogP contribution in [0.25, 0.3) is 16.3 Å². The highest BCUT2D eigenvalue weighted by Crippen LogP contribution is 2.26. The molecule has 0 bridgehead atoms. The largest absolute Gasteiger partial charge is 0.497 e. The molecule has 0 fully saturated rings. The molecule has 8 heteroatoms. The molecule has 2 N–H and O–H groups in total. The summed E-state index contributed by atoms with van der Waals surface area (Å²) >= 11 is 1.56. The van der Waals surface area contributed by atoms with Crippen LogP contribution in [0.1, 0.15) is 20.8 Å². The first kappa shape index (κ1) is 23.1. The summed E-state index contributed by atoms with van der Waals surface area (Å²) in [6.45, 7) is 0. The van der Waals surface area contributed by atoms with E-state index in [4.69, 9.17) is 4.74 Å². The van der Waals surface area contributed by atoms with Gasteiger partial charge in [-0.1, -0.05) is 24.3 Å². The summed E-state index contributed by atoms with van der Waals surface area (Å²) in [4.78, 5) is 26.8. The van der Waals surface area contributed by atoms with Crippen LogP contribution in [-0.2, 0) is 0 Å². The lowest BCUT2D eigenvalue weighted by atomic mass is 10.2. The Labute approximate surface area is 212 Å². The topological polar surface area (TPSA) is 85.2 Å². The van der Waals surface area contributed by atoms with Crippen LogP contribution < -0.4 is 15.4 Å². The average molecular weight is 495 g/mol. The number of para-hydroxylation sites is 1. The van der Waals surface area contributed by atoms with Crippen LogP contribution in [0, 0.1) is 0 Å². The van der Waals surface area contributed by atoms with Crippen molar-refractivity contribution >= 4 is 34.5 Å². The van der Waals surface area contributed by atoms with Crippen molar-refractivity contribution in [2.75, 3.05) is 17.7 Å². The number of hydrogen-bond acceptors (Lipinski definition) is 5. The van der Waals surface area contributed by atoms with Gasteiger partial charge in [-0.15, -0.1) is 11.3 Å². The molecule has 36 heavy (non-hydrogen) atoms. The van der Waals surface area contributed by atoms with Crippen molar-refractivity contribution in [3.8, 4) is 22.0 Å². The van der Waals surface area contributed by atoms with Crippen LogP contribution in [-0.4, -0.2) is 28.7 Å². The predicted molar refractivity (Wildman–Crippen MR) is 142 cm³/mol. The lowest BCUT2D eigenvalue weighted by Gasteiger charge is -2.09. The number of nitrogens with one attached hydrogen (secondary N) is 2. The van der Waals surface area contributed by atoms with Gasteiger partial charge in [-0.05, 0) is 78.2 Å². The summed E-state index contributed by atoms with van der Waals surface area (Å²) in [5.74, 6) is 0.162. The van der Waals surface area contributed by atoms with E-state index in [0.717, 1.165) is 16.3 Å². The number of ether oxygens (including phenoxy) is 1. The number of carbonyl (C=O) groups excluding carboxylic acids is 2. The number of amides is 2. The number of methoxy groups -OCH3 is 1. The minimum absolute atomic E-state index is 0.249. The Morgan fingerprint density at radius 1 is 0.806 bits per heavy atom. The van der Waals surface area contributed by atoms with Crippen molar-refractivity contribution in [2.24, 2.45) is 0 Å². The molecule has 0 unspecified atom stereocenters. The van der Waals surface area contributed by atoms with Gasteiger partial charge in [-0.2, -0.15) is 5.10 Å². The number of rotatable bonds is 7. The van der Waals surface area contributed by atoms with Gasteiger partial charge in [-0.3, -0.25) is 9.59 Å². The number of anilines is 2. The third-order valence-corrected chi connectivity index (χ3v) is 6.36. The Bertz CT molecular complexity index is 1480. The molecular formula is C28H22N4O3S. The van der Waals surface area contributed by atoms with Crippen LogP contribution in [0.15, 0.2) is 102 Å². The molecule has 3 aromatic carbocycles. The highest BCUT2D eigenvalue weighted by molar-refractivity contribution is 7.13. The zero-order chi connectivity index (χ0) is 24.9. The average Bonchev–Trinajstić information content (AvgIpc) is 3.61. The van der Waals surface area contributed by atoms with Gasteiger partial charge in [0.15, 0.2) is 0 Å². The lowest BCUT2D eigenvalue weighted by molar-refractivity contribution is 0.101. The summed E-state index contributed by atoms with van der Waals surface area (Å²) in [6, 6.07) is 29.1. The molecule has 0 saturated heterocycles. The van der Waals surface area contributed by atoms with Crippen LogP contribution in [0.3, 0.4) is 0 Å². The first-order chi connectivity index (χ1) is 17.6. The molecule has 0 aliphatic rings. The first-order valence-electron chi connectivity index (χ1n) is 11.2. The van der Waals surface area contributed by atoms with Gasteiger partial charge in [0, 0.05) is 16.9 Å². The maximum absolute atomic E-state index is 13.2. The van der Waals surface area contributed by atoms with Gasteiger partial charge in [0.2, 0.25) is 0 Å². The van der Waals surface area contributed by atoms with Gasteiger partial charge in [0.1, 0.15) is 17.1 Å². The number of aromatic nitrogens is 2. The maximum atomic E-state index is 13.2. The third-order valence-electron chi connectivity index (χ3n) is 5.47. The van der Waals surface area contributed by atoms with E-state index in [9.17, 15) is 9.59 Å². The second kappa shape index (κ2) is 10.3. The van der Waals surface area contributed by atoms with Crippen molar-refractivity contribution in [3.05, 3.63) is 114 Å². The van der Waals surface area contributed by atoms with E-state index in [2.05, 4.69) is 15.7 Å². The highest BCUT2D eigenvalue weighted by Gasteiger charge is 2.18. The molecule has 0 saturated carbocycles. The number of nitrogens with zero attached hydrogens (tertiary/aromatic N) is 2. The van der Waals surface area contributed by atoms with Crippen molar-refractivity contribution in [2.45, 2.75) is 0 Å². The smallest absolute Gasteiger partial charge is 0.274 e. The maximum Gasteiger partial charge on any atom is 0.274 e. The van der Waals surface area contributed by atoms with E-state index in [-0.39, 0.29) is 11.8 Å². The van der Waals surface area contributed by atoms with E-state index in [1.165, 1.54) is 0 Å². The summed E-state index contributed by atoms with van der Waals surface area (Å²) in [5.41, 5.74) is 3.62. The van der Waals surface area contributed by atoms with Crippen molar-refractivity contribution in [1.29, 1.82) is 0 Å². The lowest BCUT2D eigenvalue weighted by Crippen LogP contribution is -2.17. The molecule has 2 heterocycles. The van der Waals surface area contributed by atoms with Crippen molar-refractivity contribution in [3.63, 3.8) is 0 Å². The Kier molecular flexibility index (Phi) is 6.59.